The number of nitrogens with one attached hydrogen (secondary N) is 2. The van der Waals surface area contributed by atoms with Crippen molar-refractivity contribution in [2.75, 3.05) is 46.1 Å². The van der Waals surface area contributed by atoms with Crippen molar-refractivity contribution in [3.05, 3.63) is 0 Å². The molecule has 1 amide bonds. The van der Waals surface area contributed by atoms with E-state index >= 15 is 0 Å². The highest BCUT2D eigenvalue weighted by atomic mass is 16.5. The quantitative estimate of drug-likeness (QED) is 0.618. The molecule has 2 rings (SSSR count). The monoisotopic (exact) mass is 286 g/mol. The maximum atomic E-state index is 11.7. The zero-order chi connectivity index (χ0) is 14.0. The van der Waals surface area contributed by atoms with Gasteiger partial charge in [-0.25, -0.2) is 0 Å². The molecule has 2 fully saturated rings. The van der Waals surface area contributed by atoms with Crippen molar-refractivity contribution in [1.29, 1.82) is 0 Å². The molecule has 2 saturated heterocycles. The summed E-state index contributed by atoms with van der Waals surface area (Å²) in [6, 6.07) is 0. The van der Waals surface area contributed by atoms with Crippen molar-refractivity contribution >= 4 is 5.91 Å². The highest BCUT2D eigenvalue weighted by Crippen LogP contribution is 2.11. The average molecular weight is 286 g/mol. The minimum atomic E-state index is 0.0134. The van der Waals surface area contributed by atoms with Gasteiger partial charge in [-0.15, -0.1) is 0 Å². The largest absolute Gasteiger partial charge is 0.379 e. The molecule has 2 atom stereocenters. The van der Waals surface area contributed by atoms with Gasteiger partial charge in [-0.3, -0.25) is 4.79 Å². The molecule has 0 bridgehead atoms. The highest BCUT2D eigenvalue weighted by Gasteiger charge is 2.17. The van der Waals surface area contributed by atoms with E-state index in [1.807, 2.05) is 0 Å². The van der Waals surface area contributed by atoms with Crippen molar-refractivity contribution in [2.24, 2.45) is 0 Å². The predicted molar refractivity (Wildman–Crippen MR) is 74.6 cm³/mol. The van der Waals surface area contributed by atoms with E-state index in [4.69, 9.17) is 14.2 Å². The summed E-state index contributed by atoms with van der Waals surface area (Å²) in [7, 11) is 0. The Balaban J connectivity index is 1.40. The first-order valence-electron chi connectivity index (χ1n) is 7.63. The Hall–Kier alpha value is -0.690. The maximum absolute atomic E-state index is 11.7. The number of morpholine rings is 1. The summed E-state index contributed by atoms with van der Waals surface area (Å²) in [6.45, 7) is 5.19. The summed E-state index contributed by atoms with van der Waals surface area (Å²) in [5.41, 5.74) is 0. The number of amides is 1. The number of hydrogen-bond donors (Lipinski definition) is 2. The molecular formula is C14H26N2O4. The summed E-state index contributed by atoms with van der Waals surface area (Å²) < 4.78 is 16.5. The second kappa shape index (κ2) is 9.28. The molecule has 0 aliphatic carbocycles. The van der Waals surface area contributed by atoms with Crippen LogP contribution in [0.5, 0.6) is 0 Å². The van der Waals surface area contributed by atoms with Gasteiger partial charge in [-0.1, -0.05) is 0 Å². The number of carbonyl (C=O) groups excluding carboxylic acids is 1. The predicted octanol–water partition coefficient (Wildman–Crippen LogP) is 0.0668. The van der Waals surface area contributed by atoms with Gasteiger partial charge in [0, 0.05) is 32.8 Å². The van der Waals surface area contributed by atoms with Crippen LogP contribution in [0.4, 0.5) is 0 Å². The Morgan fingerprint density at radius 3 is 2.95 bits per heavy atom. The zero-order valence-electron chi connectivity index (χ0n) is 12.1. The molecule has 2 aliphatic heterocycles. The number of hydrogen-bond acceptors (Lipinski definition) is 5. The van der Waals surface area contributed by atoms with Crippen molar-refractivity contribution in [3.8, 4) is 0 Å². The molecule has 0 saturated carbocycles. The van der Waals surface area contributed by atoms with E-state index < -0.39 is 0 Å². The van der Waals surface area contributed by atoms with Crippen molar-refractivity contribution < 1.29 is 19.0 Å². The van der Waals surface area contributed by atoms with Gasteiger partial charge in [0.15, 0.2) is 0 Å². The van der Waals surface area contributed by atoms with Gasteiger partial charge in [-0.2, -0.15) is 0 Å². The van der Waals surface area contributed by atoms with Crippen LogP contribution in [-0.2, 0) is 19.0 Å². The molecule has 0 aromatic carbocycles. The van der Waals surface area contributed by atoms with Gasteiger partial charge in [0.05, 0.1) is 31.8 Å². The molecule has 6 nitrogen and oxygen atoms in total. The van der Waals surface area contributed by atoms with Crippen LogP contribution in [-0.4, -0.2) is 64.2 Å². The van der Waals surface area contributed by atoms with E-state index in [1.54, 1.807) is 0 Å². The van der Waals surface area contributed by atoms with Crippen LogP contribution in [0.2, 0.25) is 0 Å². The molecule has 2 aliphatic rings. The Morgan fingerprint density at radius 1 is 1.30 bits per heavy atom. The van der Waals surface area contributed by atoms with E-state index in [2.05, 4.69) is 10.6 Å². The van der Waals surface area contributed by atoms with E-state index in [9.17, 15) is 4.79 Å². The van der Waals surface area contributed by atoms with Gasteiger partial charge in [-0.05, 0) is 19.3 Å². The molecule has 2 heterocycles. The lowest BCUT2D eigenvalue weighted by Crippen LogP contribution is -2.41. The Morgan fingerprint density at radius 2 is 2.20 bits per heavy atom. The summed E-state index contributed by atoms with van der Waals surface area (Å²) in [5.74, 6) is 0.0535. The smallest absolute Gasteiger partial charge is 0.222 e. The molecule has 0 spiro atoms. The molecule has 2 N–H and O–H groups in total. The van der Waals surface area contributed by atoms with Crippen molar-refractivity contribution in [1.82, 2.24) is 10.6 Å². The van der Waals surface area contributed by atoms with Crippen LogP contribution in [0.25, 0.3) is 0 Å². The summed E-state index contributed by atoms with van der Waals surface area (Å²) in [5, 5.41) is 6.11. The Labute approximate surface area is 120 Å². The molecular weight excluding hydrogens is 260 g/mol. The standard InChI is InChI=1S/C14H26N2O4/c17-14(9-13-10-15-5-8-20-13)16-4-2-6-18-11-12-3-1-7-19-12/h12-13,15H,1-11H2,(H,16,17). The van der Waals surface area contributed by atoms with Gasteiger partial charge < -0.3 is 24.8 Å². The maximum Gasteiger partial charge on any atom is 0.222 e. The first kappa shape index (κ1) is 15.7. The minimum Gasteiger partial charge on any atom is -0.379 e. The summed E-state index contributed by atoms with van der Waals surface area (Å²) in [6.07, 6.45) is 3.81. The highest BCUT2D eigenvalue weighted by molar-refractivity contribution is 5.76. The lowest BCUT2D eigenvalue weighted by atomic mass is 10.2. The lowest BCUT2D eigenvalue weighted by Gasteiger charge is -2.23. The second-order valence-electron chi connectivity index (χ2n) is 5.31. The lowest BCUT2D eigenvalue weighted by molar-refractivity contribution is -0.124. The summed E-state index contributed by atoms with van der Waals surface area (Å²) >= 11 is 0. The Bertz CT molecular complexity index is 276. The molecule has 20 heavy (non-hydrogen) atoms. The Kier molecular flexibility index (Phi) is 7.28. The number of rotatable bonds is 8. The molecule has 0 aromatic rings. The fraction of sp³-hybridized carbons (Fsp3) is 0.929. The van der Waals surface area contributed by atoms with Gasteiger partial charge >= 0.3 is 0 Å². The van der Waals surface area contributed by atoms with E-state index in [1.165, 1.54) is 0 Å². The van der Waals surface area contributed by atoms with E-state index in [0.29, 0.717) is 32.8 Å². The minimum absolute atomic E-state index is 0.0134. The van der Waals surface area contributed by atoms with Crippen molar-refractivity contribution in [3.63, 3.8) is 0 Å². The second-order valence-corrected chi connectivity index (χ2v) is 5.31. The number of carbonyl (C=O) groups is 1. The molecule has 2 unspecified atom stereocenters. The van der Waals surface area contributed by atoms with Crippen LogP contribution in [0.3, 0.4) is 0 Å². The molecule has 0 radical (unpaired) electrons. The fourth-order valence-corrected chi connectivity index (χ4v) is 2.42. The van der Waals surface area contributed by atoms with Gasteiger partial charge in [0.1, 0.15) is 0 Å². The first-order chi connectivity index (χ1) is 9.84. The normalized spacial score (nSPS) is 26.6. The van der Waals surface area contributed by atoms with Gasteiger partial charge in [0.2, 0.25) is 5.91 Å². The van der Waals surface area contributed by atoms with Gasteiger partial charge in [0.25, 0.3) is 0 Å². The topological polar surface area (TPSA) is 68.8 Å². The van der Waals surface area contributed by atoms with Crippen molar-refractivity contribution in [2.45, 2.75) is 37.9 Å². The SMILES string of the molecule is O=C(CC1CNCCO1)NCCCOCC1CCCO1. The third-order valence-electron chi connectivity index (χ3n) is 3.53. The fourth-order valence-electron chi connectivity index (χ4n) is 2.42. The third kappa shape index (κ3) is 6.17. The van der Waals surface area contributed by atoms with Crippen LogP contribution in [0.15, 0.2) is 0 Å². The third-order valence-corrected chi connectivity index (χ3v) is 3.53. The zero-order valence-corrected chi connectivity index (χ0v) is 12.1. The van der Waals surface area contributed by atoms with E-state index in [0.717, 1.165) is 39.0 Å². The van der Waals surface area contributed by atoms with E-state index in [-0.39, 0.29) is 18.1 Å². The average Bonchev–Trinajstić information content (AvgIpc) is 2.97. The van der Waals surface area contributed by atoms with Crippen LogP contribution >= 0.6 is 0 Å². The molecule has 0 aromatic heterocycles. The van der Waals surface area contributed by atoms with Crippen LogP contribution < -0.4 is 10.6 Å². The first-order valence-corrected chi connectivity index (χ1v) is 7.63. The summed E-state index contributed by atoms with van der Waals surface area (Å²) in [4.78, 5) is 11.7. The van der Waals surface area contributed by atoms with Crippen LogP contribution in [0, 0.1) is 0 Å². The number of ether oxygens (including phenoxy) is 3. The molecule has 116 valence electrons. The van der Waals surface area contributed by atoms with Crippen LogP contribution in [0.1, 0.15) is 25.7 Å². The molecule has 6 heteroatoms.